The fourth-order valence-electron chi connectivity index (χ4n) is 2.61. The second-order valence-electron chi connectivity index (χ2n) is 5.77. The predicted octanol–water partition coefficient (Wildman–Crippen LogP) is 3.31. The van der Waals surface area contributed by atoms with Gasteiger partial charge in [-0.2, -0.15) is 0 Å². The summed E-state index contributed by atoms with van der Waals surface area (Å²) in [6.07, 6.45) is -0.0000925. The number of benzene rings is 1. The molecule has 4 nitrogen and oxygen atoms in total. The van der Waals surface area contributed by atoms with E-state index >= 15 is 0 Å². The van der Waals surface area contributed by atoms with E-state index in [1.165, 1.54) is 0 Å². The predicted molar refractivity (Wildman–Crippen MR) is 81.2 cm³/mol. The Morgan fingerprint density at radius 3 is 2.39 bits per heavy atom. The smallest absolute Gasteiger partial charge is 0.338 e. The number of rotatable bonds is 5. The van der Waals surface area contributed by atoms with E-state index in [9.17, 15) is 18.4 Å². The normalized spacial score (nSPS) is 17.5. The molecule has 1 saturated carbocycles. The first-order valence-corrected chi connectivity index (χ1v) is 7.83. The maximum Gasteiger partial charge on any atom is 0.338 e. The fraction of sp³-hybridized carbons (Fsp3) is 0.529. The van der Waals surface area contributed by atoms with Crippen LogP contribution in [0.3, 0.4) is 0 Å². The van der Waals surface area contributed by atoms with Crippen LogP contribution < -0.4 is 5.32 Å². The summed E-state index contributed by atoms with van der Waals surface area (Å²) in [6.45, 7) is 2.37. The van der Waals surface area contributed by atoms with Crippen LogP contribution >= 0.6 is 0 Å². The van der Waals surface area contributed by atoms with Crippen molar-refractivity contribution in [3.63, 3.8) is 0 Å². The Bertz CT molecular complexity index is 547. The number of amides is 1. The van der Waals surface area contributed by atoms with Crippen molar-refractivity contribution in [2.24, 2.45) is 5.92 Å². The molecule has 1 aromatic rings. The summed E-state index contributed by atoms with van der Waals surface area (Å²) in [5.41, 5.74) is 1.30. The molecule has 0 spiro atoms. The molecule has 6 heteroatoms. The number of ether oxygens (including phenoxy) is 1. The van der Waals surface area contributed by atoms with Crippen LogP contribution in [0.5, 0.6) is 0 Å². The lowest BCUT2D eigenvalue weighted by molar-refractivity contribution is -0.129. The van der Waals surface area contributed by atoms with Gasteiger partial charge in [-0.1, -0.05) is 12.1 Å². The Balaban J connectivity index is 1.81. The molecule has 126 valence electrons. The third-order valence-corrected chi connectivity index (χ3v) is 4.02. The Morgan fingerprint density at radius 1 is 1.22 bits per heavy atom. The number of hydrogen-bond donors (Lipinski definition) is 1. The third-order valence-electron chi connectivity index (χ3n) is 4.02. The Hall–Kier alpha value is -1.98. The van der Waals surface area contributed by atoms with Gasteiger partial charge >= 0.3 is 5.97 Å². The number of nitrogens with one attached hydrogen (secondary N) is 1. The molecule has 0 atom stereocenters. The van der Waals surface area contributed by atoms with E-state index in [1.54, 1.807) is 31.2 Å². The fourth-order valence-corrected chi connectivity index (χ4v) is 2.61. The molecule has 0 saturated heterocycles. The summed E-state index contributed by atoms with van der Waals surface area (Å²) in [7, 11) is 0. The van der Waals surface area contributed by atoms with Crippen molar-refractivity contribution >= 4 is 11.9 Å². The second-order valence-corrected chi connectivity index (χ2v) is 5.77. The van der Waals surface area contributed by atoms with Gasteiger partial charge in [0, 0.05) is 25.3 Å². The molecule has 23 heavy (non-hydrogen) atoms. The van der Waals surface area contributed by atoms with Crippen LogP contribution in [-0.4, -0.2) is 24.4 Å². The number of carbonyl (C=O) groups is 2. The lowest BCUT2D eigenvalue weighted by Crippen LogP contribution is -2.35. The van der Waals surface area contributed by atoms with Gasteiger partial charge in [-0.05, 0) is 37.5 Å². The van der Waals surface area contributed by atoms with E-state index in [1.807, 2.05) is 0 Å². The minimum Gasteiger partial charge on any atom is -0.462 e. The molecular formula is C17H21F2NO3. The van der Waals surface area contributed by atoms with Gasteiger partial charge in [0.15, 0.2) is 0 Å². The average molecular weight is 325 g/mol. The first kappa shape index (κ1) is 17.4. The van der Waals surface area contributed by atoms with E-state index in [4.69, 9.17) is 4.74 Å². The minimum atomic E-state index is -2.63. The average Bonchev–Trinajstić information content (AvgIpc) is 2.53. The topological polar surface area (TPSA) is 55.4 Å². The van der Waals surface area contributed by atoms with Crippen molar-refractivity contribution in [1.29, 1.82) is 0 Å². The molecule has 1 aliphatic carbocycles. The van der Waals surface area contributed by atoms with Crippen molar-refractivity contribution in [2.75, 3.05) is 6.61 Å². The van der Waals surface area contributed by atoms with E-state index in [2.05, 4.69) is 5.32 Å². The van der Waals surface area contributed by atoms with Crippen LogP contribution in [0.2, 0.25) is 0 Å². The maximum atomic E-state index is 13.1. The monoisotopic (exact) mass is 325 g/mol. The highest BCUT2D eigenvalue weighted by molar-refractivity contribution is 5.89. The quantitative estimate of drug-likeness (QED) is 0.845. The molecule has 1 fully saturated rings. The lowest BCUT2D eigenvalue weighted by atomic mass is 9.86. The van der Waals surface area contributed by atoms with E-state index in [0.29, 0.717) is 18.7 Å². The molecule has 1 N–H and O–H groups in total. The zero-order valence-electron chi connectivity index (χ0n) is 13.1. The van der Waals surface area contributed by atoms with Gasteiger partial charge in [0.25, 0.3) is 0 Å². The van der Waals surface area contributed by atoms with Crippen LogP contribution in [0.1, 0.15) is 48.5 Å². The molecule has 1 aromatic carbocycles. The Kier molecular flexibility index (Phi) is 5.69. The van der Waals surface area contributed by atoms with Crippen LogP contribution in [0.15, 0.2) is 24.3 Å². The molecule has 1 amide bonds. The highest BCUT2D eigenvalue weighted by atomic mass is 19.3. The largest absolute Gasteiger partial charge is 0.462 e. The van der Waals surface area contributed by atoms with Gasteiger partial charge in [0.05, 0.1) is 12.2 Å². The number of carbonyl (C=O) groups excluding carboxylic acids is 2. The van der Waals surface area contributed by atoms with Gasteiger partial charge < -0.3 is 10.1 Å². The Labute approximate surface area is 134 Å². The highest BCUT2D eigenvalue weighted by Gasteiger charge is 2.37. The molecule has 2 rings (SSSR count). The van der Waals surface area contributed by atoms with Crippen molar-refractivity contribution in [3.8, 4) is 0 Å². The van der Waals surface area contributed by atoms with Gasteiger partial charge in [-0.3, -0.25) is 4.79 Å². The van der Waals surface area contributed by atoms with Crippen molar-refractivity contribution in [2.45, 2.75) is 45.1 Å². The summed E-state index contributed by atoms with van der Waals surface area (Å²) >= 11 is 0. The lowest BCUT2D eigenvalue weighted by Gasteiger charge is -2.27. The van der Waals surface area contributed by atoms with Crippen molar-refractivity contribution in [1.82, 2.24) is 5.32 Å². The minimum absolute atomic E-state index is 0.185. The van der Waals surface area contributed by atoms with Gasteiger partial charge in [-0.25, -0.2) is 13.6 Å². The third kappa shape index (κ3) is 5.01. The molecule has 0 radical (unpaired) electrons. The van der Waals surface area contributed by atoms with E-state index in [-0.39, 0.29) is 43.5 Å². The second kappa shape index (κ2) is 7.53. The number of hydrogen-bond acceptors (Lipinski definition) is 3. The molecule has 0 bridgehead atoms. The van der Waals surface area contributed by atoms with Gasteiger partial charge in [0.2, 0.25) is 11.8 Å². The zero-order chi connectivity index (χ0) is 16.9. The zero-order valence-corrected chi connectivity index (χ0v) is 13.1. The molecule has 0 aliphatic heterocycles. The van der Waals surface area contributed by atoms with E-state index in [0.717, 1.165) is 5.56 Å². The summed E-state index contributed by atoms with van der Waals surface area (Å²) in [5, 5.41) is 2.77. The number of halogens is 2. The summed E-state index contributed by atoms with van der Waals surface area (Å²) in [6, 6.07) is 6.75. The molecule has 1 aliphatic rings. The number of esters is 1. The van der Waals surface area contributed by atoms with Crippen LogP contribution in [0, 0.1) is 5.92 Å². The molecule has 0 unspecified atom stereocenters. The molecule has 0 aromatic heterocycles. The number of alkyl halides is 2. The summed E-state index contributed by atoms with van der Waals surface area (Å²) in [5.74, 6) is -3.53. The van der Waals surface area contributed by atoms with Crippen LogP contribution in [0.25, 0.3) is 0 Å². The van der Waals surface area contributed by atoms with Gasteiger partial charge in [-0.15, -0.1) is 0 Å². The first-order valence-electron chi connectivity index (χ1n) is 7.83. The Morgan fingerprint density at radius 2 is 1.83 bits per heavy atom. The summed E-state index contributed by atoms with van der Waals surface area (Å²) in [4.78, 5) is 23.5. The van der Waals surface area contributed by atoms with Crippen molar-refractivity contribution in [3.05, 3.63) is 35.4 Å². The standard InChI is InChI=1S/C17H21F2NO3/c1-2-23-16(22)14-5-3-12(4-6-14)11-20-15(21)13-7-9-17(18,19)10-8-13/h3-6,13H,2,7-11H2,1H3,(H,20,21). The van der Waals surface area contributed by atoms with Crippen LogP contribution in [-0.2, 0) is 16.1 Å². The van der Waals surface area contributed by atoms with Crippen molar-refractivity contribution < 1.29 is 23.1 Å². The van der Waals surface area contributed by atoms with Crippen LogP contribution in [0.4, 0.5) is 8.78 Å². The van der Waals surface area contributed by atoms with Gasteiger partial charge in [0.1, 0.15) is 0 Å². The summed E-state index contributed by atoms with van der Waals surface area (Å²) < 4.78 is 31.1. The van der Waals surface area contributed by atoms with E-state index < -0.39 is 5.92 Å². The maximum absolute atomic E-state index is 13.1. The highest BCUT2D eigenvalue weighted by Crippen LogP contribution is 2.36. The molecular weight excluding hydrogens is 304 g/mol. The first-order chi connectivity index (χ1) is 10.9. The molecule has 0 heterocycles. The SMILES string of the molecule is CCOC(=O)c1ccc(CNC(=O)C2CCC(F)(F)CC2)cc1.